The molecule has 2 nitrogen and oxygen atoms in total. The number of nitrogens with zero attached hydrogens (tertiary/aromatic N) is 1. The van der Waals surface area contributed by atoms with Crippen molar-refractivity contribution in [1.82, 2.24) is 0 Å². The molecule has 3 heteroatoms. The lowest BCUT2D eigenvalue weighted by Crippen LogP contribution is -2.22. The number of phenols is 1. The summed E-state index contributed by atoms with van der Waals surface area (Å²) >= 11 is 0. The summed E-state index contributed by atoms with van der Waals surface area (Å²) in [4.78, 5) is 2.16. The zero-order valence-electron chi connectivity index (χ0n) is 17.8. The van der Waals surface area contributed by atoms with Crippen molar-refractivity contribution >= 4 is 24.9 Å². The fraction of sp³-hybridized carbons (Fsp3) is 0.478. The molecule has 0 fully saturated rings. The average molecular weight is 372 g/mol. The van der Waals surface area contributed by atoms with E-state index in [-0.39, 0.29) is 10.8 Å². The van der Waals surface area contributed by atoms with Gasteiger partial charge < -0.3 is 10.0 Å². The maximum absolute atomic E-state index is 11.1. The Hall–Kier alpha value is -1.53. The van der Waals surface area contributed by atoms with Gasteiger partial charge >= 0.3 is 0 Å². The van der Waals surface area contributed by atoms with Gasteiger partial charge in [-0.15, -0.1) is 0 Å². The van der Waals surface area contributed by atoms with Gasteiger partial charge in [-0.1, -0.05) is 68.3 Å². The molecule has 1 N–H and O–H groups in total. The molecule has 0 bridgehead atoms. The van der Waals surface area contributed by atoms with Crippen LogP contribution in [0.1, 0.15) is 58.2 Å². The molecule has 2 aromatic carbocycles. The van der Waals surface area contributed by atoms with E-state index in [9.17, 15) is 5.11 Å². The van der Waals surface area contributed by atoms with Crippen LogP contribution >= 0.6 is 8.58 Å². The van der Waals surface area contributed by atoms with Crippen molar-refractivity contribution in [3.05, 3.63) is 47.0 Å². The number of phenolic OH excluding ortho intramolecular Hbond substituents is 1. The number of benzene rings is 2. The van der Waals surface area contributed by atoms with Gasteiger partial charge in [0.05, 0.1) is 0 Å². The van der Waals surface area contributed by atoms with Gasteiger partial charge in [0.15, 0.2) is 0 Å². The Kier molecular flexibility index (Phi) is 5.78. The summed E-state index contributed by atoms with van der Waals surface area (Å²) in [6.45, 7) is 15.3. The molecule has 2 aromatic rings. The normalized spacial score (nSPS) is 12.8. The molecule has 0 spiro atoms. The first kappa shape index (κ1) is 20.8. The summed E-state index contributed by atoms with van der Waals surface area (Å²) in [6, 6.07) is 11.0. The Labute approximate surface area is 161 Å². The minimum Gasteiger partial charge on any atom is -0.507 e. The summed E-state index contributed by atoms with van der Waals surface area (Å²) in [5.74, 6) is 0.453. The topological polar surface area (TPSA) is 23.5 Å². The molecular weight excluding hydrogens is 337 g/mol. The van der Waals surface area contributed by atoms with Crippen LogP contribution in [0.5, 0.6) is 5.75 Å². The maximum Gasteiger partial charge on any atom is 0.127 e. The number of hydrogen-bond donors (Lipinski definition) is 1. The van der Waals surface area contributed by atoms with E-state index in [1.807, 2.05) is 0 Å². The van der Waals surface area contributed by atoms with E-state index in [1.165, 1.54) is 22.1 Å². The summed E-state index contributed by atoms with van der Waals surface area (Å²) in [5, 5.41) is 13.4. The van der Waals surface area contributed by atoms with E-state index < -0.39 is 0 Å². The van der Waals surface area contributed by atoms with Gasteiger partial charge in [0.25, 0.3) is 0 Å². The fourth-order valence-corrected chi connectivity index (χ4v) is 4.36. The Morgan fingerprint density at radius 3 is 1.96 bits per heavy atom. The van der Waals surface area contributed by atoms with Crippen LogP contribution < -0.4 is 15.5 Å². The molecule has 0 aliphatic rings. The van der Waals surface area contributed by atoms with Gasteiger partial charge in [0, 0.05) is 36.0 Å². The molecule has 26 heavy (non-hydrogen) atoms. The van der Waals surface area contributed by atoms with Crippen molar-refractivity contribution in [3.63, 3.8) is 0 Å². The molecular formula is C23H34NOP. The molecule has 0 aliphatic carbocycles. The summed E-state index contributed by atoms with van der Waals surface area (Å²) < 4.78 is 0. The maximum atomic E-state index is 11.1. The van der Waals surface area contributed by atoms with Gasteiger partial charge in [-0.3, -0.25) is 0 Å². The molecule has 0 aliphatic heterocycles. The highest BCUT2D eigenvalue weighted by molar-refractivity contribution is 7.56. The number of rotatable bonds is 3. The second-order valence-electron chi connectivity index (χ2n) is 9.46. The summed E-state index contributed by atoms with van der Waals surface area (Å²) in [7, 11) is 4.58. The SMILES string of the molecule is Cc1ccc(Pc2cc(C(C)(C)C)cc(C(C)(C)C)c2O)c(N(C)C)c1. The standard InChI is InChI=1S/C23H34NOP/c1-15-10-11-19(18(12-15)24(8)9)26-20-14-16(22(2,3)4)13-17(21(20)25)23(5,6)7/h10-14,25-26H,1-9H3. The van der Waals surface area contributed by atoms with Gasteiger partial charge in [0.2, 0.25) is 0 Å². The molecule has 0 saturated carbocycles. The monoisotopic (exact) mass is 371 g/mol. The van der Waals surface area contributed by atoms with Gasteiger partial charge in [-0.05, 0) is 41.0 Å². The van der Waals surface area contributed by atoms with Crippen molar-refractivity contribution in [3.8, 4) is 5.75 Å². The molecule has 0 saturated heterocycles. The van der Waals surface area contributed by atoms with E-state index in [4.69, 9.17) is 0 Å². The highest BCUT2D eigenvalue weighted by Gasteiger charge is 2.25. The zero-order chi connectivity index (χ0) is 19.9. The van der Waals surface area contributed by atoms with E-state index in [1.54, 1.807) is 0 Å². The molecule has 2 rings (SSSR count). The van der Waals surface area contributed by atoms with E-state index in [0.717, 1.165) is 10.9 Å². The van der Waals surface area contributed by atoms with Crippen molar-refractivity contribution in [1.29, 1.82) is 0 Å². The first-order valence-corrected chi connectivity index (χ1v) is 10.2. The van der Waals surface area contributed by atoms with E-state index >= 15 is 0 Å². The molecule has 0 radical (unpaired) electrons. The van der Waals surface area contributed by atoms with Crippen LogP contribution in [-0.2, 0) is 10.8 Å². The minimum absolute atomic E-state index is 0.0462. The van der Waals surface area contributed by atoms with E-state index in [0.29, 0.717) is 14.3 Å². The Morgan fingerprint density at radius 1 is 0.846 bits per heavy atom. The van der Waals surface area contributed by atoms with Gasteiger partial charge in [0.1, 0.15) is 5.75 Å². The zero-order valence-corrected chi connectivity index (χ0v) is 18.8. The second-order valence-corrected chi connectivity index (χ2v) is 10.8. The third-order valence-corrected chi connectivity index (χ3v) is 6.03. The first-order chi connectivity index (χ1) is 11.8. The smallest absolute Gasteiger partial charge is 0.127 e. The van der Waals surface area contributed by atoms with Crippen LogP contribution in [0.3, 0.4) is 0 Å². The minimum atomic E-state index is -0.0950. The quantitative estimate of drug-likeness (QED) is 0.768. The largest absolute Gasteiger partial charge is 0.507 e. The molecule has 142 valence electrons. The molecule has 0 aromatic heterocycles. The predicted molar refractivity (Wildman–Crippen MR) is 119 cm³/mol. The molecule has 1 atom stereocenters. The lowest BCUT2D eigenvalue weighted by atomic mass is 9.80. The van der Waals surface area contributed by atoms with Crippen molar-refractivity contribution < 1.29 is 5.11 Å². The lowest BCUT2D eigenvalue weighted by Gasteiger charge is -2.28. The van der Waals surface area contributed by atoms with Crippen LogP contribution in [0.25, 0.3) is 0 Å². The van der Waals surface area contributed by atoms with Gasteiger partial charge in [-0.2, -0.15) is 0 Å². The van der Waals surface area contributed by atoms with Crippen molar-refractivity contribution in [2.45, 2.75) is 59.3 Å². The Balaban J connectivity index is 2.63. The number of anilines is 1. The average Bonchev–Trinajstić information content (AvgIpc) is 2.48. The Bertz CT molecular complexity index is 795. The predicted octanol–water partition coefficient (Wildman–Crippen LogP) is 4.99. The highest BCUT2D eigenvalue weighted by Crippen LogP contribution is 2.37. The van der Waals surface area contributed by atoms with Crippen LogP contribution in [0.15, 0.2) is 30.3 Å². The molecule has 1 unspecified atom stereocenters. The summed E-state index contributed by atoms with van der Waals surface area (Å²) in [6.07, 6.45) is 0. The number of hydrogen-bond acceptors (Lipinski definition) is 2. The van der Waals surface area contributed by atoms with Crippen molar-refractivity contribution in [2.75, 3.05) is 19.0 Å². The van der Waals surface area contributed by atoms with Crippen LogP contribution in [0.2, 0.25) is 0 Å². The van der Waals surface area contributed by atoms with Crippen LogP contribution in [0.4, 0.5) is 5.69 Å². The lowest BCUT2D eigenvalue weighted by molar-refractivity contribution is 0.449. The van der Waals surface area contributed by atoms with Crippen LogP contribution in [0, 0.1) is 6.92 Å². The second kappa shape index (κ2) is 7.24. The Morgan fingerprint density at radius 2 is 1.46 bits per heavy atom. The van der Waals surface area contributed by atoms with Gasteiger partial charge in [-0.25, -0.2) is 0 Å². The number of aryl methyl sites for hydroxylation is 1. The molecule has 0 amide bonds. The van der Waals surface area contributed by atoms with Crippen LogP contribution in [-0.4, -0.2) is 19.2 Å². The third kappa shape index (κ3) is 4.60. The third-order valence-electron chi connectivity index (χ3n) is 4.69. The van der Waals surface area contributed by atoms with E-state index in [2.05, 4.69) is 97.8 Å². The first-order valence-electron chi connectivity index (χ1n) is 9.23. The fourth-order valence-electron chi connectivity index (χ4n) is 3.00. The van der Waals surface area contributed by atoms with Crippen molar-refractivity contribution in [2.24, 2.45) is 0 Å². The summed E-state index contributed by atoms with van der Waals surface area (Å²) in [5.41, 5.74) is 4.74. The highest BCUT2D eigenvalue weighted by atomic mass is 31.1. The number of aromatic hydroxyl groups is 1. The molecule has 0 heterocycles.